The van der Waals surface area contributed by atoms with Gasteiger partial charge in [-0.3, -0.25) is 9.59 Å². The van der Waals surface area contributed by atoms with Crippen LogP contribution in [0.25, 0.3) is 0 Å². The van der Waals surface area contributed by atoms with Crippen molar-refractivity contribution in [3.8, 4) is 0 Å². The zero-order valence-corrected chi connectivity index (χ0v) is 13.5. The van der Waals surface area contributed by atoms with Gasteiger partial charge in [-0.15, -0.1) is 0 Å². The van der Waals surface area contributed by atoms with Crippen LogP contribution in [-0.4, -0.2) is 29.8 Å². The molecule has 3 rings (SSSR count). The van der Waals surface area contributed by atoms with Crippen molar-refractivity contribution < 1.29 is 9.59 Å². The molecule has 2 fully saturated rings. The average Bonchev–Trinajstić information content (AvgIpc) is 3.30. The molecular weight excluding hydrogens is 300 g/mol. The fraction of sp³-hybridized carbons (Fsp3) is 0.529. The number of halogens is 1. The van der Waals surface area contributed by atoms with Crippen LogP contribution in [0.2, 0.25) is 5.02 Å². The maximum Gasteiger partial charge on any atom is 0.228 e. The van der Waals surface area contributed by atoms with E-state index in [0.29, 0.717) is 17.4 Å². The molecule has 1 aromatic carbocycles. The fourth-order valence-corrected chi connectivity index (χ4v) is 3.12. The number of hydrogen-bond acceptors (Lipinski definition) is 2. The smallest absolute Gasteiger partial charge is 0.228 e. The number of likely N-dealkylation sites (tertiary alicyclic amines) is 1. The lowest BCUT2D eigenvalue weighted by molar-refractivity contribution is -0.135. The van der Waals surface area contributed by atoms with E-state index in [1.54, 1.807) is 24.3 Å². The molecule has 1 saturated heterocycles. The number of anilines is 1. The Morgan fingerprint density at radius 2 is 1.77 bits per heavy atom. The molecule has 1 aliphatic carbocycles. The average molecular weight is 321 g/mol. The second-order valence-electron chi connectivity index (χ2n) is 6.45. The van der Waals surface area contributed by atoms with Gasteiger partial charge in [-0.2, -0.15) is 0 Å². The van der Waals surface area contributed by atoms with E-state index < -0.39 is 0 Å². The third kappa shape index (κ3) is 3.43. The maximum atomic E-state index is 12.4. The summed E-state index contributed by atoms with van der Waals surface area (Å²) in [5, 5.41) is 3.49. The van der Waals surface area contributed by atoms with Crippen LogP contribution in [0.5, 0.6) is 0 Å². The zero-order chi connectivity index (χ0) is 15.7. The molecule has 2 atom stereocenters. The van der Waals surface area contributed by atoms with E-state index >= 15 is 0 Å². The Bertz CT molecular complexity index is 565. The number of nitrogens with one attached hydrogen (secondary N) is 1. The quantitative estimate of drug-likeness (QED) is 0.930. The summed E-state index contributed by atoms with van der Waals surface area (Å²) in [4.78, 5) is 26.5. The minimum Gasteiger partial charge on any atom is -0.342 e. The molecule has 0 bridgehead atoms. The van der Waals surface area contributed by atoms with E-state index in [0.717, 1.165) is 31.6 Å². The summed E-state index contributed by atoms with van der Waals surface area (Å²) >= 11 is 5.82. The second-order valence-corrected chi connectivity index (χ2v) is 6.89. The fourth-order valence-electron chi connectivity index (χ4n) is 2.99. The number of amides is 2. The SMILES string of the molecule is CC1CCN(C(=O)C2CC2C(=O)Nc2ccc(Cl)cc2)CC1. The van der Waals surface area contributed by atoms with Crippen LogP contribution in [0, 0.1) is 17.8 Å². The lowest BCUT2D eigenvalue weighted by Crippen LogP contribution is -2.39. The van der Waals surface area contributed by atoms with Crippen molar-refractivity contribution in [3.63, 3.8) is 0 Å². The second kappa shape index (κ2) is 6.29. The number of nitrogens with zero attached hydrogens (tertiary/aromatic N) is 1. The number of rotatable bonds is 3. The summed E-state index contributed by atoms with van der Waals surface area (Å²) in [6.45, 7) is 3.89. The van der Waals surface area contributed by atoms with Crippen molar-refractivity contribution in [1.82, 2.24) is 4.90 Å². The zero-order valence-electron chi connectivity index (χ0n) is 12.7. The molecule has 0 spiro atoms. The lowest BCUT2D eigenvalue weighted by atomic mass is 9.99. The minimum atomic E-state index is -0.178. The van der Waals surface area contributed by atoms with Crippen molar-refractivity contribution in [2.75, 3.05) is 18.4 Å². The van der Waals surface area contributed by atoms with Crippen LogP contribution < -0.4 is 5.32 Å². The Morgan fingerprint density at radius 3 is 2.41 bits per heavy atom. The highest BCUT2D eigenvalue weighted by molar-refractivity contribution is 6.30. The van der Waals surface area contributed by atoms with E-state index in [1.165, 1.54) is 0 Å². The first-order valence-corrected chi connectivity index (χ1v) is 8.27. The molecule has 0 radical (unpaired) electrons. The van der Waals surface area contributed by atoms with Crippen molar-refractivity contribution in [1.29, 1.82) is 0 Å². The van der Waals surface area contributed by atoms with Crippen molar-refractivity contribution >= 4 is 29.1 Å². The van der Waals surface area contributed by atoms with Crippen molar-refractivity contribution in [2.45, 2.75) is 26.2 Å². The molecule has 0 aromatic heterocycles. The van der Waals surface area contributed by atoms with Crippen molar-refractivity contribution in [2.24, 2.45) is 17.8 Å². The first kappa shape index (κ1) is 15.3. The third-order valence-electron chi connectivity index (χ3n) is 4.65. The van der Waals surface area contributed by atoms with E-state index in [4.69, 9.17) is 11.6 Å². The molecule has 1 aromatic rings. The van der Waals surface area contributed by atoms with E-state index in [9.17, 15) is 9.59 Å². The van der Waals surface area contributed by atoms with Gasteiger partial charge >= 0.3 is 0 Å². The standard InChI is InChI=1S/C17H21ClN2O2/c1-11-6-8-20(9-7-11)17(22)15-10-14(15)16(21)19-13-4-2-12(18)3-5-13/h2-5,11,14-15H,6-10H2,1H3,(H,19,21). The molecule has 4 nitrogen and oxygen atoms in total. The number of piperidine rings is 1. The number of carbonyl (C=O) groups excluding carboxylic acids is 2. The minimum absolute atomic E-state index is 0.0638. The van der Waals surface area contributed by atoms with Crippen LogP contribution in [0.15, 0.2) is 24.3 Å². The molecule has 2 aliphatic rings. The summed E-state index contributed by atoms with van der Waals surface area (Å²) < 4.78 is 0. The largest absolute Gasteiger partial charge is 0.342 e. The van der Waals surface area contributed by atoms with Gasteiger partial charge in [0.2, 0.25) is 11.8 Å². The van der Waals surface area contributed by atoms with Gasteiger partial charge in [0, 0.05) is 23.8 Å². The third-order valence-corrected chi connectivity index (χ3v) is 4.90. The van der Waals surface area contributed by atoms with Gasteiger partial charge in [-0.05, 0) is 49.4 Å². The molecule has 118 valence electrons. The van der Waals surface area contributed by atoms with Crippen LogP contribution in [0.3, 0.4) is 0 Å². The lowest BCUT2D eigenvalue weighted by Gasteiger charge is -2.30. The van der Waals surface area contributed by atoms with Gasteiger partial charge in [0.05, 0.1) is 11.8 Å². The summed E-state index contributed by atoms with van der Waals surface area (Å²) in [5.41, 5.74) is 0.722. The van der Waals surface area contributed by atoms with E-state index in [1.807, 2.05) is 4.90 Å². The van der Waals surface area contributed by atoms with Crippen LogP contribution >= 0.6 is 11.6 Å². The van der Waals surface area contributed by atoms with Crippen molar-refractivity contribution in [3.05, 3.63) is 29.3 Å². The predicted molar refractivity (Wildman–Crippen MR) is 86.7 cm³/mol. The van der Waals surface area contributed by atoms with Gasteiger partial charge in [-0.25, -0.2) is 0 Å². The molecule has 22 heavy (non-hydrogen) atoms. The summed E-state index contributed by atoms with van der Waals surface area (Å²) in [5.74, 6) is 0.490. The van der Waals surface area contributed by atoms with Gasteiger partial charge in [0.25, 0.3) is 0 Å². The maximum absolute atomic E-state index is 12.4. The molecule has 1 aliphatic heterocycles. The van der Waals surface area contributed by atoms with Gasteiger partial charge in [-0.1, -0.05) is 18.5 Å². The molecule has 1 saturated carbocycles. The summed E-state index contributed by atoms with van der Waals surface area (Å²) in [6.07, 6.45) is 2.81. The molecule has 5 heteroatoms. The van der Waals surface area contributed by atoms with E-state index in [2.05, 4.69) is 12.2 Å². The molecule has 2 unspecified atom stereocenters. The van der Waals surface area contributed by atoms with E-state index in [-0.39, 0.29) is 23.7 Å². The highest BCUT2D eigenvalue weighted by Crippen LogP contribution is 2.41. The summed E-state index contributed by atoms with van der Waals surface area (Å²) in [6, 6.07) is 7.01. The summed E-state index contributed by atoms with van der Waals surface area (Å²) in [7, 11) is 0. The number of carbonyl (C=O) groups is 2. The normalized spacial score (nSPS) is 24.9. The number of benzene rings is 1. The Morgan fingerprint density at radius 1 is 1.14 bits per heavy atom. The first-order chi connectivity index (χ1) is 10.5. The first-order valence-electron chi connectivity index (χ1n) is 7.90. The molecule has 2 amide bonds. The molecule has 1 heterocycles. The Hall–Kier alpha value is -1.55. The Kier molecular flexibility index (Phi) is 4.39. The van der Waals surface area contributed by atoms with Gasteiger partial charge in [0.15, 0.2) is 0 Å². The van der Waals surface area contributed by atoms with Gasteiger partial charge < -0.3 is 10.2 Å². The topological polar surface area (TPSA) is 49.4 Å². The predicted octanol–water partition coefficient (Wildman–Crippen LogP) is 3.17. The molecular formula is C17H21ClN2O2. The Balaban J connectivity index is 1.51. The van der Waals surface area contributed by atoms with Crippen LogP contribution in [0.1, 0.15) is 26.2 Å². The van der Waals surface area contributed by atoms with Crippen LogP contribution in [0.4, 0.5) is 5.69 Å². The number of hydrogen-bond donors (Lipinski definition) is 1. The highest BCUT2D eigenvalue weighted by atomic mass is 35.5. The van der Waals surface area contributed by atoms with Gasteiger partial charge in [0.1, 0.15) is 0 Å². The van der Waals surface area contributed by atoms with Crippen LogP contribution in [-0.2, 0) is 9.59 Å². The highest BCUT2D eigenvalue weighted by Gasteiger charge is 2.49. The monoisotopic (exact) mass is 320 g/mol. The Labute approximate surface area is 135 Å². The molecule has 1 N–H and O–H groups in total.